The minimum atomic E-state index is 0.311. The van der Waals surface area contributed by atoms with Crippen molar-refractivity contribution in [2.75, 3.05) is 6.61 Å². The van der Waals surface area contributed by atoms with Crippen LogP contribution in [0.15, 0.2) is 30.3 Å². The third-order valence-electron chi connectivity index (χ3n) is 4.93. The number of aromatic nitrogens is 2. The summed E-state index contributed by atoms with van der Waals surface area (Å²) in [7, 11) is 0. The average Bonchev–Trinajstić information content (AvgIpc) is 3.11. The van der Waals surface area contributed by atoms with Gasteiger partial charge in [-0.05, 0) is 38.5 Å². The Labute approximate surface area is 142 Å². The van der Waals surface area contributed by atoms with Crippen molar-refractivity contribution in [1.29, 1.82) is 0 Å². The molecule has 0 spiro atoms. The zero-order valence-electron chi connectivity index (χ0n) is 13.3. The molecule has 1 atom stereocenters. The fourth-order valence-electron chi connectivity index (χ4n) is 3.77. The molecule has 1 aliphatic heterocycles. The van der Waals surface area contributed by atoms with Gasteiger partial charge in [-0.1, -0.05) is 42.5 Å². The van der Waals surface area contributed by atoms with Gasteiger partial charge in [-0.2, -0.15) is 0 Å². The van der Waals surface area contributed by atoms with E-state index in [4.69, 9.17) is 21.9 Å². The Bertz CT molecular complexity index is 748. The Morgan fingerprint density at radius 1 is 1.13 bits per heavy atom. The Hall–Kier alpha value is -1.52. The lowest BCUT2D eigenvalue weighted by molar-refractivity contribution is 0.0961. The van der Waals surface area contributed by atoms with E-state index in [1.54, 1.807) is 0 Å². The van der Waals surface area contributed by atoms with E-state index in [1.807, 2.05) is 6.07 Å². The van der Waals surface area contributed by atoms with E-state index in [0.29, 0.717) is 6.10 Å². The Morgan fingerprint density at radius 3 is 2.74 bits per heavy atom. The fourth-order valence-corrected chi connectivity index (χ4v) is 4.07. The number of hydrogen-bond acceptors (Lipinski definition) is 3. The van der Waals surface area contributed by atoms with Crippen LogP contribution in [0, 0.1) is 4.64 Å². The molecular formula is C19H22N2OS. The van der Waals surface area contributed by atoms with Crippen LogP contribution in [0.2, 0.25) is 0 Å². The molecule has 1 fully saturated rings. The molecule has 2 aromatic rings. The lowest BCUT2D eigenvalue weighted by atomic mass is 9.96. The van der Waals surface area contributed by atoms with Crippen molar-refractivity contribution < 1.29 is 4.74 Å². The van der Waals surface area contributed by atoms with Crippen molar-refractivity contribution in [3.63, 3.8) is 0 Å². The van der Waals surface area contributed by atoms with Crippen molar-refractivity contribution in [2.45, 2.75) is 51.2 Å². The van der Waals surface area contributed by atoms with Crippen molar-refractivity contribution in [1.82, 2.24) is 9.55 Å². The molecule has 0 N–H and O–H groups in total. The number of benzene rings is 1. The first-order valence-corrected chi connectivity index (χ1v) is 9.03. The molecule has 2 heterocycles. The molecule has 4 heteroatoms. The van der Waals surface area contributed by atoms with Gasteiger partial charge in [0.15, 0.2) is 0 Å². The zero-order chi connectivity index (χ0) is 15.6. The van der Waals surface area contributed by atoms with Crippen molar-refractivity contribution in [3.05, 3.63) is 46.2 Å². The monoisotopic (exact) mass is 326 g/mol. The summed E-state index contributed by atoms with van der Waals surface area (Å²) in [6.45, 7) is 1.79. The van der Waals surface area contributed by atoms with Crippen LogP contribution in [0.5, 0.6) is 0 Å². The number of fused-ring (bicyclic) bond motifs is 1. The topological polar surface area (TPSA) is 27.1 Å². The van der Waals surface area contributed by atoms with Crippen LogP contribution in [-0.2, 0) is 24.1 Å². The summed E-state index contributed by atoms with van der Waals surface area (Å²) in [5.41, 5.74) is 3.83. The molecule has 1 aromatic carbocycles. The molecular weight excluding hydrogens is 304 g/mol. The highest BCUT2D eigenvalue weighted by atomic mass is 32.1. The number of rotatable bonds is 3. The summed E-state index contributed by atoms with van der Waals surface area (Å²) in [6.07, 6.45) is 7.27. The minimum absolute atomic E-state index is 0.311. The second-order valence-electron chi connectivity index (χ2n) is 6.48. The van der Waals surface area contributed by atoms with Crippen LogP contribution in [0.3, 0.4) is 0 Å². The van der Waals surface area contributed by atoms with Gasteiger partial charge in [0.1, 0.15) is 10.5 Å². The SMILES string of the molecule is S=c1nc(-c2ccccc2)n(C[C@H]2CCCO2)c2c1CCCC2. The smallest absolute Gasteiger partial charge is 0.141 e. The molecule has 2 aliphatic rings. The molecule has 0 bridgehead atoms. The van der Waals surface area contributed by atoms with Gasteiger partial charge in [-0.3, -0.25) is 0 Å². The zero-order valence-corrected chi connectivity index (χ0v) is 14.1. The predicted octanol–water partition coefficient (Wildman–Crippen LogP) is 4.34. The highest BCUT2D eigenvalue weighted by molar-refractivity contribution is 7.71. The summed E-state index contributed by atoms with van der Waals surface area (Å²) < 4.78 is 9.09. The number of ether oxygens (including phenoxy) is 1. The van der Waals surface area contributed by atoms with Crippen molar-refractivity contribution in [2.24, 2.45) is 0 Å². The van der Waals surface area contributed by atoms with Gasteiger partial charge in [0.05, 0.1) is 12.6 Å². The van der Waals surface area contributed by atoms with E-state index in [0.717, 1.165) is 48.4 Å². The second-order valence-corrected chi connectivity index (χ2v) is 6.87. The average molecular weight is 326 g/mol. The molecule has 0 unspecified atom stereocenters. The van der Waals surface area contributed by atoms with Gasteiger partial charge >= 0.3 is 0 Å². The molecule has 120 valence electrons. The van der Waals surface area contributed by atoms with E-state index in [9.17, 15) is 0 Å². The molecule has 23 heavy (non-hydrogen) atoms. The first-order chi connectivity index (χ1) is 11.3. The summed E-state index contributed by atoms with van der Waals surface area (Å²) >= 11 is 5.61. The minimum Gasteiger partial charge on any atom is -0.376 e. The highest BCUT2D eigenvalue weighted by Gasteiger charge is 2.23. The lowest BCUT2D eigenvalue weighted by Gasteiger charge is -2.26. The van der Waals surface area contributed by atoms with Crippen molar-refractivity contribution >= 4 is 12.2 Å². The van der Waals surface area contributed by atoms with E-state index in [2.05, 4.69) is 28.8 Å². The van der Waals surface area contributed by atoms with Gasteiger partial charge in [0.2, 0.25) is 0 Å². The summed E-state index contributed by atoms with van der Waals surface area (Å²) in [5.74, 6) is 1.01. The predicted molar refractivity (Wildman–Crippen MR) is 94.1 cm³/mol. The first-order valence-electron chi connectivity index (χ1n) is 8.62. The van der Waals surface area contributed by atoms with E-state index in [1.165, 1.54) is 30.5 Å². The molecule has 1 saturated heterocycles. The molecule has 0 radical (unpaired) electrons. The van der Waals surface area contributed by atoms with Crippen LogP contribution < -0.4 is 0 Å². The van der Waals surface area contributed by atoms with Crippen molar-refractivity contribution in [3.8, 4) is 11.4 Å². The van der Waals surface area contributed by atoms with Gasteiger partial charge in [0.25, 0.3) is 0 Å². The maximum absolute atomic E-state index is 5.89. The summed E-state index contributed by atoms with van der Waals surface area (Å²) in [6, 6.07) is 10.4. The van der Waals surface area contributed by atoms with Crippen LogP contribution in [0.1, 0.15) is 36.9 Å². The highest BCUT2D eigenvalue weighted by Crippen LogP contribution is 2.28. The van der Waals surface area contributed by atoms with E-state index < -0.39 is 0 Å². The standard InChI is InChI=1S/C19H22N2OS/c23-19-16-10-4-5-11-17(16)21(13-15-9-6-12-22-15)18(20-19)14-7-2-1-3-8-14/h1-3,7-8,15H,4-6,9-13H2/t15-/m1/s1. The second kappa shape index (κ2) is 6.54. The Morgan fingerprint density at radius 2 is 1.96 bits per heavy atom. The van der Waals surface area contributed by atoms with Crippen LogP contribution in [0.25, 0.3) is 11.4 Å². The van der Waals surface area contributed by atoms with E-state index in [-0.39, 0.29) is 0 Å². The maximum Gasteiger partial charge on any atom is 0.141 e. The Balaban J connectivity index is 1.86. The summed E-state index contributed by atoms with van der Waals surface area (Å²) in [5, 5.41) is 0. The first kappa shape index (κ1) is 15.0. The third-order valence-corrected chi connectivity index (χ3v) is 5.27. The van der Waals surface area contributed by atoms with Gasteiger partial charge in [-0.15, -0.1) is 0 Å². The van der Waals surface area contributed by atoms with Crippen LogP contribution in [0.4, 0.5) is 0 Å². The molecule has 4 rings (SSSR count). The third kappa shape index (κ3) is 2.98. The van der Waals surface area contributed by atoms with Crippen LogP contribution >= 0.6 is 12.2 Å². The molecule has 0 amide bonds. The normalized spacial score (nSPS) is 20.4. The number of hydrogen-bond donors (Lipinski definition) is 0. The fraction of sp³-hybridized carbons (Fsp3) is 0.474. The lowest BCUT2D eigenvalue weighted by Crippen LogP contribution is -2.24. The van der Waals surface area contributed by atoms with Gasteiger partial charge < -0.3 is 9.30 Å². The maximum atomic E-state index is 5.89. The van der Waals surface area contributed by atoms with Gasteiger partial charge in [-0.25, -0.2) is 4.98 Å². The number of nitrogens with zero attached hydrogens (tertiary/aromatic N) is 2. The molecule has 1 aliphatic carbocycles. The summed E-state index contributed by atoms with van der Waals surface area (Å²) in [4.78, 5) is 4.82. The molecule has 0 saturated carbocycles. The molecule has 3 nitrogen and oxygen atoms in total. The van der Waals surface area contributed by atoms with Crippen LogP contribution in [-0.4, -0.2) is 22.3 Å². The quantitative estimate of drug-likeness (QED) is 0.785. The largest absolute Gasteiger partial charge is 0.376 e. The molecule has 1 aromatic heterocycles. The van der Waals surface area contributed by atoms with Gasteiger partial charge in [0, 0.05) is 23.4 Å². The van der Waals surface area contributed by atoms with E-state index >= 15 is 0 Å². The Kier molecular flexibility index (Phi) is 4.27.